The fourth-order valence-electron chi connectivity index (χ4n) is 2.08. The molecule has 6 heteroatoms. The van der Waals surface area contributed by atoms with Crippen molar-refractivity contribution >= 4 is 22.8 Å². The molecule has 5 nitrogen and oxygen atoms in total. The SMILES string of the molecule is COc1cc(CN2CC(SC(C)=O)CC2=O)ccn1. The smallest absolute Gasteiger partial charge is 0.224 e. The summed E-state index contributed by atoms with van der Waals surface area (Å²) in [6.07, 6.45) is 2.10. The average Bonchev–Trinajstić information content (AvgIpc) is 2.69. The first-order valence-corrected chi connectivity index (χ1v) is 6.90. The molecule has 2 rings (SSSR count). The van der Waals surface area contributed by atoms with Crippen LogP contribution in [0.4, 0.5) is 0 Å². The van der Waals surface area contributed by atoms with Crippen molar-refractivity contribution in [1.82, 2.24) is 9.88 Å². The average molecular weight is 280 g/mol. The number of likely N-dealkylation sites (tertiary alicyclic amines) is 1. The normalized spacial score (nSPS) is 18.7. The number of methoxy groups -OCH3 is 1. The van der Waals surface area contributed by atoms with Gasteiger partial charge in [-0.2, -0.15) is 0 Å². The Hall–Kier alpha value is -1.56. The molecule has 1 fully saturated rings. The van der Waals surface area contributed by atoms with Gasteiger partial charge in [0.2, 0.25) is 11.8 Å². The third kappa shape index (κ3) is 3.70. The Morgan fingerprint density at radius 2 is 2.42 bits per heavy atom. The first-order valence-electron chi connectivity index (χ1n) is 6.02. The molecule has 0 aromatic carbocycles. The summed E-state index contributed by atoms with van der Waals surface area (Å²) < 4.78 is 5.06. The van der Waals surface area contributed by atoms with Gasteiger partial charge in [0.1, 0.15) is 0 Å². The van der Waals surface area contributed by atoms with E-state index < -0.39 is 0 Å². The zero-order valence-electron chi connectivity index (χ0n) is 11.0. The third-order valence-corrected chi connectivity index (χ3v) is 3.87. The van der Waals surface area contributed by atoms with Crippen molar-refractivity contribution in [2.24, 2.45) is 0 Å². The molecule has 0 N–H and O–H groups in total. The van der Waals surface area contributed by atoms with E-state index in [9.17, 15) is 9.59 Å². The molecule has 0 saturated carbocycles. The van der Waals surface area contributed by atoms with Gasteiger partial charge in [-0.15, -0.1) is 0 Å². The van der Waals surface area contributed by atoms with E-state index in [1.807, 2.05) is 12.1 Å². The Kier molecular flexibility index (Phi) is 4.42. The van der Waals surface area contributed by atoms with Crippen LogP contribution >= 0.6 is 11.8 Å². The molecule has 0 spiro atoms. The van der Waals surface area contributed by atoms with Crippen LogP contribution in [0.3, 0.4) is 0 Å². The highest BCUT2D eigenvalue weighted by molar-refractivity contribution is 8.14. The summed E-state index contributed by atoms with van der Waals surface area (Å²) in [5.41, 5.74) is 0.980. The van der Waals surface area contributed by atoms with Crippen molar-refractivity contribution < 1.29 is 14.3 Å². The molecule has 2 heterocycles. The van der Waals surface area contributed by atoms with Crippen LogP contribution in [-0.2, 0) is 16.1 Å². The minimum absolute atomic E-state index is 0.0604. The van der Waals surface area contributed by atoms with Gasteiger partial charge >= 0.3 is 0 Å². The van der Waals surface area contributed by atoms with E-state index in [4.69, 9.17) is 4.74 Å². The van der Waals surface area contributed by atoms with E-state index in [1.54, 1.807) is 18.2 Å². The van der Waals surface area contributed by atoms with Gasteiger partial charge in [0.15, 0.2) is 5.12 Å². The lowest BCUT2D eigenvalue weighted by Gasteiger charge is -2.16. The number of hydrogen-bond acceptors (Lipinski definition) is 5. The zero-order chi connectivity index (χ0) is 13.8. The number of carbonyl (C=O) groups is 2. The number of ether oxygens (including phenoxy) is 1. The number of nitrogens with zero attached hydrogens (tertiary/aromatic N) is 2. The minimum atomic E-state index is 0.0604. The molecular formula is C13H16N2O3S. The maximum Gasteiger partial charge on any atom is 0.224 e. The summed E-state index contributed by atoms with van der Waals surface area (Å²) in [6, 6.07) is 3.68. The number of pyridine rings is 1. The van der Waals surface area contributed by atoms with Gasteiger partial charge in [-0.3, -0.25) is 9.59 Å². The highest BCUT2D eigenvalue weighted by Crippen LogP contribution is 2.25. The molecule has 1 saturated heterocycles. The van der Waals surface area contributed by atoms with Crippen LogP contribution < -0.4 is 4.74 Å². The van der Waals surface area contributed by atoms with Crippen molar-refractivity contribution in [3.05, 3.63) is 23.9 Å². The van der Waals surface area contributed by atoms with Crippen molar-refractivity contribution in [3.63, 3.8) is 0 Å². The molecule has 1 unspecified atom stereocenters. The summed E-state index contributed by atoms with van der Waals surface area (Å²) in [6.45, 7) is 2.69. The van der Waals surface area contributed by atoms with E-state index in [1.165, 1.54) is 18.7 Å². The summed E-state index contributed by atoms with van der Waals surface area (Å²) in [5, 5.41) is 0.138. The first kappa shape index (κ1) is 13.9. The van der Waals surface area contributed by atoms with Gasteiger partial charge in [-0.05, 0) is 11.6 Å². The molecule has 102 valence electrons. The summed E-state index contributed by atoms with van der Waals surface area (Å²) >= 11 is 1.25. The number of carbonyl (C=O) groups excluding carboxylic acids is 2. The van der Waals surface area contributed by atoms with Crippen LogP contribution in [0.25, 0.3) is 0 Å². The van der Waals surface area contributed by atoms with E-state index in [2.05, 4.69) is 4.98 Å². The second-order valence-corrected chi connectivity index (χ2v) is 5.89. The van der Waals surface area contributed by atoms with Crippen LogP contribution in [0.15, 0.2) is 18.3 Å². The van der Waals surface area contributed by atoms with E-state index in [0.717, 1.165) is 5.56 Å². The van der Waals surface area contributed by atoms with Gasteiger partial charge in [0.05, 0.1) is 7.11 Å². The van der Waals surface area contributed by atoms with Crippen LogP contribution in [0, 0.1) is 0 Å². The fraction of sp³-hybridized carbons (Fsp3) is 0.462. The molecule has 0 bridgehead atoms. The van der Waals surface area contributed by atoms with Crippen LogP contribution in [0.2, 0.25) is 0 Å². The Labute approximate surface area is 116 Å². The lowest BCUT2D eigenvalue weighted by atomic mass is 10.2. The minimum Gasteiger partial charge on any atom is -0.481 e. The maximum atomic E-state index is 11.9. The van der Waals surface area contributed by atoms with Gasteiger partial charge in [-0.1, -0.05) is 11.8 Å². The number of aromatic nitrogens is 1. The first-order chi connectivity index (χ1) is 9.08. The number of hydrogen-bond donors (Lipinski definition) is 0. The van der Waals surface area contributed by atoms with Gasteiger partial charge in [0.25, 0.3) is 0 Å². The summed E-state index contributed by atoms with van der Waals surface area (Å²) in [7, 11) is 1.56. The molecule has 1 aliphatic heterocycles. The highest BCUT2D eigenvalue weighted by Gasteiger charge is 2.30. The molecule has 1 atom stereocenters. The quantitative estimate of drug-likeness (QED) is 0.836. The van der Waals surface area contributed by atoms with Crippen molar-refractivity contribution in [2.75, 3.05) is 13.7 Å². The van der Waals surface area contributed by atoms with Gasteiger partial charge in [-0.25, -0.2) is 4.98 Å². The molecule has 1 aliphatic rings. The predicted octanol–water partition coefficient (Wildman–Crippen LogP) is 1.47. The largest absolute Gasteiger partial charge is 0.481 e. The summed E-state index contributed by atoms with van der Waals surface area (Å²) in [4.78, 5) is 28.7. The molecule has 1 amide bonds. The lowest BCUT2D eigenvalue weighted by molar-refractivity contribution is -0.128. The lowest BCUT2D eigenvalue weighted by Crippen LogP contribution is -2.25. The number of rotatable bonds is 4. The molecular weight excluding hydrogens is 264 g/mol. The zero-order valence-corrected chi connectivity index (χ0v) is 11.8. The van der Waals surface area contributed by atoms with Crippen LogP contribution in [0.5, 0.6) is 5.88 Å². The van der Waals surface area contributed by atoms with Crippen LogP contribution in [0.1, 0.15) is 18.9 Å². The number of amides is 1. The molecule has 1 aromatic heterocycles. The highest BCUT2D eigenvalue weighted by atomic mass is 32.2. The maximum absolute atomic E-state index is 11.9. The second-order valence-electron chi connectivity index (χ2n) is 4.42. The van der Waals surface area contributed by atoms with E-state index in [-0.39, 0.29) is 16.3 Å². The Bertz CT molecular complexity index is 493. The summed E-state index contributed by atoms with van der Waals surface area (Å²) in [5.74, 6) is 0.633. The van der Waals surface area contributed by atoms with Crippen molar-refractivity contribution in [3.8, 4) is 5.88 Å². The Morgan fingerprint density at radius 3 is 3.11 bits per heavy atom. The van der Waals surface area contributed by atoms with E-state index in [0.29, 0.717) is 25.4 Å². The van der Waals surface area contributed by atoms with Gasteiger partial charge < -0.3 is 9.64 Å². The van der Waals surface area contributed by atoms with Crippen molar-refractivity contribution in [2.45, 2.75) is 25.1 Å². The molecule has 0 radical (unpaired) electrons. The van der Waals surface area contributed by atoms with Crippen molar-refractivity contribution in [1.29, 1.82) is 0 Å². The Balaban J connectivity index is 1.99. The van der Waals surface area contributed by atoms with Gasteiger partial charge in [0, 0.05) is 43.9 Å². The fourth-order valence-corrected chi connectivity index (χ4v) is 3.03. The Morgan fingerprint density at radius 1 is 1.63 bits per heavy atom. The molecule has 19 heavy (non-hydrogen) atoms. The number of thioether (sulfide) groups is 1. The molecule has 1 aromatic rings. The monoisotopic (exact) mass is 280 g/mol. The van der Waals surface area contributed by atoms with E-state index >= 15 is 0 Å². The second kappa shape index (κ2) is 6.06. The van der Waals surface area contributed by atoms with Crippen LogP contribution in [-0.4, -0.2) is 39.8 Å². The predicted molar refractivity (Wildman–Crippen MR) is 72.9 cm³/mol. The third-order valence-electron chi connectivity index (χ3n) is 2.89. The molecule has 0 aliphatic carbocycles. The topological polar surface area (TPSA) is 59.5 Å². The standard InChI is InChI=1S/C13H16N2O3S/c1-9(16)19-11-6-13(17)15(8-11)7-10-3-4-14-12(5-10)18-2/h3-5,11H,6-8H2,1-2H3.